The van der Waals surface area contributed by atoms with Crippen molar-refractivity contribution in [2.45, 2.75) is 18.6 Å². The highest BCUT2D eigenvalue weighted by atomic mass is 19.1. The third-order valence-corrected chi connectivity index (χ3v) is 2.79. The van der Waals surface area contributed by atoms with Crippen LogP contribution in [0.2, 0.25) is 0 Å². The van der Waals surface area contributed by atoms with Crippen molar-refractivity contribution >= 4 is 5.91 Å². The number of hydrogen-bond donors (Lipinski definition) is 2. The highest BCUT2D eigenvalue weighted by molar-refractivity contribution is 5.75. The van der Waals surface area contributed by atoms with E-state index >= 15 is 0 Å². The fourth-order valence-electron chi connectivity index (χ4n) is 1.97. The molecule has 1 atom stereocenters. The highest BCUT2D eigenvalue weighted by Gasteiger charge is 2.35. The Labute approximate surface area is 112 Å². The summed E-state index contributed by atoms with van der Waals surface area (Å²) in [5.41, 5.74) is 2.92. The van der Waals surface area contributed by atoms with Crippen LogP contribution in [-0.4, -0.2) is 25.8 Å². The quantitative estimate of drug-likeness (QED) is 0.825. The molecule has 6 nitrogen and oxygen atoms in total. The van der Waals surface area contributed by atoms with E-state index in [9.17, 15) is 18.7 Å². The number of primary amides is 1. The van der Waals surface area contributed by atoms with Gasteiger partial charge in [0.05, 0.1) is 13.0 Å². The lowest BCUT2D eigenvalue weighted by atomic mass is 9.89. The van der Waals surface area contributed by atoms with Crippen molar-refractivity contribution < 1.29 is 18.7 Å². The SMILES string of the molecule is NC(=O)CC(O)(Cn1cncn1)c1ccc(F)cc1F. The first kappa shape index (κ1) is 14.1. The molecular weight excluding hydrogens is 270 g/mol. The van der Waals surface area contributed by atoms with Gasteiger partial charge in [-0.1, -0.05) is 6.07 Å². The molecule has 0 saturated heterocycles. The van der Waals surface area contributed by atoms with Gasteiger partial charge in [0.25, 0.3) is 0 Å². The summed E-state index contributed by atoms with van der Waals surface area (Å²) in [5.74, 6) is -2.57. The van der Waals surface area contributed by atoms with Crippen LogP contribution in [0.3, 0.4) is 0 Å². The maximum absolute atomic E-state index is 13.8. The summed E-state index contributed by atoms with van der Waals surface area (Å²) in [6, 6.07) is 2.69. The van der Waals surface area contributed by atoms with Gasteiger partial charge in [0.1, 0.15) is 29.9 Å². The van der Waals surface area contributed by atoms with Gasteiger partial charge in [0, 0.05) is 11.6 Å². The zero-order valence-electron chi connectivity index (χ0n) is 10.3. The number of amides is 1. The minimum atomic E-state index is -1.93. The van der Waals surface area contributed by atoms with Gasteiger partial charge < -0.3 is 10.8 Å². The van der Waals surface area contributed by atoms with Crippen LogP contribution in [-0.2, 0) is 16.9 Å². The van der Waals surface area contributed by atoms with Crippen molar-refractivity contribution in [3.05, 3.63) is 48.1 Å². The van der Waals surface area contributed by atoms with Crippen molar-refractivity contribution in [2.24, 2.45) is 5.73 Å². The van der Waals surface area contributed by atoms with E-state index in [-0.39, 0.29) is 12.1 Å². The fraction of sp³-hybridized carbons (Fsp3) is 0.250. The molecule has 0 aliphatic rings. The number of nitrogens with zero attached hydrogens (tertiary/aromatic N) is 3. The summed E-state index contributed by atoms with van der Waals surface area (Å²) in [7, 11) is 0. The molecule has 0 bridgehead atoms. The predicted molar refractivity (Wildman–Crippen MR) is 64.1 cm³/mol. The highest BCUT2D eigenvalue weighted by Crippen LogP contribution is 2.29. The molecule has 106 valence electrons. The standard InChI is InChI=1S/C12H12F2N4O2/c13-8-1-2-9(10(14)3-8)12(20,4-11(15)19)5-18-7-16-6-17-18/h1-3,6-7,20H,4-5H2,(H2,15,19). The molecule has 0 fully saturated rings. The van der Waals surface area contributed by atoms with Crippen LogP contribution in [0, 0.1) is 11.6 Å². The smallest absolute Gasteiger partial charge is 0.220 e. The molecule has 0 radical (unpaired) electrons. The Hall–Kier alpha value is -2.35. The second-order valence-electron chi connectivity index (χ2n) is 4.39. The van der Waals surface area contributed by atoms with Crippen molar-refractivity contribution in [3.63, 3.8) is 0 Å². The van der Waals surface area contributed by atoms with Gasteiger partial charge in [-0.25, -0.2) is 18.4 Å². The molecule has 1 amide bonds. The molecule has 1 aromatic heterocycles. The molecule has 1 aromatic carbocycles. The molecule has 0 spiro atoms. The van der Waals surface area contributed by atoms with Crippen LogP contribution in [0.4, 0.5) is 8.78 Å². The van der Waals surface area contributed by atoms with E-state index in [4.69, 9.17) is 5.73 Å². The first-order chi connectivity index (χ1) is 9.40. The lowest BCUT2D eigenvalue weighted by Gasteiger charge is -2.27. The first-order valence-corrected chi connectivity index (χ1v) is 5.69. The monoisotopic (exact) mass is 282 g/mol. The van der Waals surface area contributed by atoms with Gasteiger partial charge >= 0.3 is 0 Å². The van der Waals surface area contributed by atoms with E-state index in [0.717, 1.165) is 12.1 Å². The Bertz CT molecular complexity index is 618. The first-order valence-electron chi connectivity index (χ1n) is 5.69. The number of carbonyl (C=O) groups excluding carboxylic acids is 1. The Morgan fingerprint density at radius 1 is 1.45 bits per heavy atom. The maximum Gasteiger partial charge on any atom is 0.220 e. The average Bonchev–Trinajstić information content (AvgIpc) is 2.79. The Morgan fingerprint density at radius 2 is 2.20 bits per heavy atom. The molecule has 2 aromatic rings. The summed E-state index contributed by atoms with van der Waals surface area (Å²) in [6.07, 6.45) is 1.99. The summed E-state index contributed by atoms with van der Waals surface area (Å²) in [5, 5.41) is 14.3. The van der Waals surface area contributed by atoms with Crippen LogP contribution >= 0.6 is 0 Å². The number of nitrogens with two attached hydrogens (primary N) is 1. The van der Waals surface area contributed by atoms with Crippen molar-refractivity contribution in [2.75, 3.05) is 0 Å². The van der Waals surface area contributed by atoms with E-state index in [1.807, 2.05) is 0 Å². The van der Waals surface area contributed by atoms with E-state index in [0.29, 0.717) is 6.07 Å². The topological polar surface area (TPSA) is 94.0 Å². The van der Waals surface area contributed by atoms with Crippen LogP contribution in [0.25, 0.3) is 0 Å². The molecular formula is C12H12F2N4O2. The number of carbonyl (C=O) groups is 1. The molecule has 0 saturated carbocycles. The molecule has 2 rings (SSSR count). The zero-order chi connectivity index (χ0) is 14.8. The molecule has 20 heavy (non-hydrogen) atoms. The summed E-state index contributed by atoms with van der Waals surface area (Å²) < 4.78 is 28.0. The van der Waals surface area contributed by atoms with Crippen LogP contribution in [0.15, 0.2) is 30.9 Å². The number of rotatable bonds is 5. The van der Waals surface area contributed by atoms with Crippen LogP contribution in [0.5, 0.6) is 0 Å². The van der Waals surface area contributed by atoms with Gasteiger partial charge in [-0.2, -0.15) is 5.10 Å². The third-order valence-electron chi connectivity index (χ3n) is 2.79. The second-order valence-corrected chi connectivity index (χ2v) is 4.39. The summed E-state index contributed by atoms with van der Waals surface area (Å²) >= 11 is 0. The normalized spacial score (nSPS) is 13.9. The predicted octanol–water partition coefficient (Wildman–Crippen LogP) is 0.319. The molecule has 3 N–H and O–H groups in total. The largest absolute Gasteiger partial charge is 0.383 e. The summed E-state index contributed by atoms with van der Waals surface area (Å²) in [4.78, 5) is 14.8. The lowest BCUT2D eigenvalue weighted by molar-refractivity contribution is -0.124. The molecule has 1 heterocycles. The molecule has 8 heteroatoms. The number of aromatic nitrogens is 3. The number of hydrogen-bond acceptors (Lipinski definition) is 4. The van der Waals surface area contributed by atoms with Crippen LogP contribution in [0.1, 0.15) is 12.0 Å². The molecule has 0 aliphatic carbocycles. The van der Waals surface area contributed by atoms with Gasteiger partial charge in [0.2, 0.25) is 5.91 Å². The van der Waals surface area contributed by atoms with Gasteiger partial charge in [-0.15, -0.1) is 0 Å². The Morgan fingerprint density at radius 3 is 2.75 bits per heavy atom. The van der Waals surface area contributed by atoms with E-state index < -0.39 is 29.6 Å². The van der Waals surface area contributed by atoms with Gasteiger partial charge in [-0.05, 0) is 6.07 Å². The molecule has 0 aliphatic heterocycles. The lowest BCUT2D eigenvalue weighted by Crippen LogP contribution is -2.37. The second kappa shape index (κ2) is 5.33. The molecule has 1 unspecified atom stereocenters. The van der Waals surface area contributed by atoms with E-state index in [1.165, 1.54) is 17.3 Å². The van der Waals surface area contributed by atoms with E-state index in [2.05, 4.69) is 10.1 Å². The zero-order valence-corrected chi connectivity index (χ0v) is 10.3. The van der Waals surface area contributed by atoms with Crippen molar-refractivity contribution in [3.8, 4) is 0 Å². The van der Waals surface area contributed by atoms with Crippen LogP contribution < -0.4 is 5.73 Å². The average molecular weight is 282 g/mol. The van der Waals surface area contributed by atoms with E-state index in [1.54, 1.807) is 0 Å². The minimum absolute atomic E-state index is 0.229. The van der Waals surface area contributed by atoms with Gasteiger partial charge in [0.15, 0.2) is 0 Å². The maximum atomic E-state index is 13.8. The Kier molecular flexibility index (Phi) is 3.75. The fourth-order valence-corrected chi connectivity index (χ4v) is 1.97. The van der Waals surface area contributed by atoms with Gasteiger partial charge in [-0.3, -0.25) is 4.79 Å². The minimum Gasteiger partial charge on any atom is -0.383 e. The van der Waals surface area contributed by atoms with Crippen molar-refractivity contribution in [1.82, 2.24) is 14.8 Å². The Balaban J connectivity index is 2.42. The summed E-state index contributed by atoms with van der Waals surface area (Å²) in [6.45, 7) is -0.238. The third kappa shape index (κ3) is 2.97. The van der Waals surface area contributed by atoms with Crippen molar-refractivity contribution in [1.29, 1.82) is 0 Å². The number of aliphatic hydroxyl groups is 1. The number of benzene rings is 1. The number of halogens is 2.